The molecule has 0 saturated carbocycles. The van der Waals surface area contributed by atoms with Gasteiger partial charge in [0, 0.05) is 22.7 Å². The van der Waals surface area contributed by atoms with Gasteiger partial charge in [0.2, 0.25) is 0 Å². The second-order valence-corrected chi connectivity index (χ2v) is 7.17. The van der Waals surface area contributed by atoms with E-state index in [2.05, 4.69) is 44.0 Å². The summed E-state index contributed by atoms with van der Waals surface area (Å²) in [5.41, 5.74) is 3.22. The Morgan fingerprint density at radius 3 is 2.00 bits per heavy atom. The molecule has 1 N–H and O–H groups in total. The SMILES string of the molecule is COCCCC1(O)c2cc(Br)ccc2-c2ccc(Br)cc21. The average Bonchev–Trinajstić information content (AvgIpc) is 2.69. The van der Waals surface area contributed by atoms with Crippen molar-refractivity contribution in [1.82, 2.24) is 0 Å². The molecule has 3 rings (SSSR count). The van der Waals surface area contributed by atoms with Crippen LogP contribution < -0.4 is 0 Å². The molecule has 0 aromatic heterocycles. The Kier molecular flexibility index (Phi) is 4.23. The van der Waals surface area contributed by atoms with Crippen molar-refractivity contribution in [2.45, 2.75) is 18.4 Å². The lowest BCUT2D eigenvalue weighted by Gasteiger charge is -2.26. The van der Waals surface area contributed by atoms with Crippen LogP contribution >= 0.6 is 31.9 Å². The van der Waals surface area contributed by atoms with Crippen molar-refractivity contribution in [2.24, 2.45) is 0 Å². The molecule has 0 heterocycles. The lowest BCUT2D eigenvalue weighted by molar-refractivity contribution is 0.0626. The molecular formula is C17H16Br2O2. The highest BCUT2D eigenvalue weighted by Gasteiger charge is 2.41. The molecule has 0 bridgehead atoms. The number of fused-ring (bicyclic) bond motifs is 3. The fourth-order valence-electron chi connectivity index (χ4n) is 3.07. The Balaban J connectivity index is 2.14. The minimum atomic E-state index is -0.948. The van der Waals surface area contributed by atoms with Gasteiger partial charge < -0.3 is 9.84 Å². The first-order valence-electron chi connectivity index (χ1n) is 6.88. The Labute approximate surface area is 141 Å². The van der Waals surface area contributed by atoms with Crippen molar-refractivity contribution in [3.05, 3.63) is 56.5 Å². The highest BCUT2D eigenvalue weighted by atomic mass is 79.9. The molecule has 1 aliphatic carbocycles. The van der Waals surface area contributed by atoms with Crippen LogP contribution in [0.3, 0.4) is 0 Å². The standard InChI is InChI=1S/C17H16Br2O2/c1-21-8-2-7-17(20)15-9-11(18)3-5-13(15)14-6-4-12(19)10-16(14)17/h3-6,9-10,20H,2,7-8H2,1H3. The molecule has 0 aliphatic heterocycles. The predicted octanol–water partition coefficient (Wildman–Crippen LogP) is 4.85. The molecule has 0 saturated heterocycles. The van der Waals surface area contributed by atoms with Gasteiger partial charge in [-0.15, -0.1) is 0 Å². The van der Waals surface area contributed by atoms with E-state index in [0.717, 1.165) is 37.6 Å². The topological polar surface area (TPSA) is 29.5 Å². The van der Waals surface area contributed by atoms with Crippen LogP contribution in [0.5, 0.6) is 0 Å². The molecule has 110 valence electrons. The zero-order valence-corrected chi connectivity index (χ0v) is 14.9. The molecular weight excluding hydrogens is 396 g/mol. The normalized spacial score (nSPS) is 14.9. The van der Waals surface area contributed by atoms with E-state index in [0.29, 0.717) is 13.0 Å². The first-order valence-corrected chi connectivity index (χ1v) is 8.46. The first kappa shape index (κ1) is 15.2. The van der Waals surface area contributed by atoms with Crippen LogP contribution in [0.2, 0.25) is 0 Å². The summed E-state index contributed by atoms with van der Waals surface area (Å²) in [6.07, 6.45) is 1.46. The summed E-state index contributed by atoms with van der Waals surface area (Å²) in [5, 5.41) is 11.4. The average molecular weight is 412 g/mol. The van der Waals surface area contributed by atoms with Gasteiger partial charge in [-0.1, -0.05) is 44.0 Å². The zero-order valence-electron chi connectivity index (χ0n) is 11.7. The third kappa shape index (κ3) is 2.59. The van der Waals surface area contributed by atoms with E-state index in [-0.39, 0.29) is 0 Å². The summed E-state index contributed by atoms with van der Waals surface area (Å²) in [6, 6.07) is 12.2. The summed E-state index contributed by atoms with van der Waals surface area (Å²) in [6.45, 7) is 0.648. The van der Waals surface area contributed by atoms with Gasteiger partial charge in [0.15, 0.2) is 0 Å². The van der Waals surface area contributed by atoms with Crippen LogP contribution in [-0.2, 0) is 10.3 Å². The van der Waals surface area contributed by atoms with Crippen molar-refractivity contribution in [2.75, 3.05) is 13.7 Å². The summed E-state index contributed by atoms with van der Waals surface area (Å²) in [4.78, 5) is 0. The third-order valence-corrected chi connectivity index (χ3v) is 5.02. The number of ether oxygens (including phenoxy) is 1. The van der Waals surface area contributed by atoms with E-state index >= 15 is 0 Å². The summed E-state index contributed by atoms with van der Waals surface area (Å²) < 4.78 is 7.11. The van der Waals surface area contributed by atoms with E-state index in [1.165, 1.54) is 0 Å². The van der Waals surface area contributed by atoms with Gasteiger partial charge in [-0.25, -0.2) is 0 Å². The summed E-state index contributed by atoms with van der Waals surface area (Å²) >= 11 is 7.03. The van der Waals surface area contributed by atoms with Crippen molar-refractivity contribution >= 4 is 31.9 Å². The van der Waals surface area contributed by atoms with E-state index in [1.807, 2.05) is 24.3 Å². The first-order chi connectivity index (χ1) is 10.1. The second-order valence-electron chi connectivity index (χ2n) is 5.34. The quantitative estimate of drug-likeness (QED) is 0.728. The molecule has 0 unspecified atom stereocenters. The minimum Gasteiger partial charge on any atom is -0.385 e. The number of hydrogen-bond acceptors (Lipinski definition) is 2. The zero-order chi connectivity index (χ0) is 15.0. The van der Waals surface area contributed by atoms with Gasteiger partial charge in [0.25, 0.3) is 0 Å². The lowest BCUT2D eigenvalue weighted by Crippen LogP contribution is -2.25. The fraction of sp³-hybridized carbons (Fsp3) is 0.294. The molecule has 0 atom stereocenters. The van der Waals surface area contributed by atoms with Gasteiger partial charge in [0.1, 0.15) is 5.60 Å². The summed E-state index contributed by atoms with van der Waals surface area (Å²) in [5.74, 6) is 0. The highest BCUT2D eigenvalue weighted by molar-refractivity contribution is 9.10. The monoisotopic (exact) mass is 410 g/mol. The van der Waals surface area contributed by atoms with Crippen molar-refractivity contribution in [3.8, 4) is 11.1 Å². The van der Waals surface area contributed by atoms with Gasteiger partial charge in [-0.3, -0.25) is 0 Å². The molecule has 2 aromatic rings. The van der Waals surface area contributed by atoms with Crippen LogP contribution in [0.4, 0.5) is 0 Å². The molecule has 1 aliphatic rings. The Hall–Kier alpha value is -0.680. The number of rotatable bonds is 4. The van der Waals surface area contributed by atoms with E-state index < -0.39 is 5.60 Å². The molecule has 2 nitrogen and oxygen atoms in total. The van der Waals surface area contributed by atoms with Crippen LogP contribution in [-0.4, -0.2) is 18.8 Å². The van der Waals surface area contributed by atoms with Crippen LogP contribution in [0, 0.1) is 0 Å². The third-order valence-electron chi connectivity index (χ3n) is 4.03. The number of benzene rings is 2. The maximum absolute atomic E-state index is 11.4. The number of methoxy groups -OCH3 is 1. The second kappa shape index (κ2) is 5.84. The molecule has 21 heavy (non-hydrogen) atoms. The molecule has 2 aromatic carbocycles. The van der Waals surface area contributed by atoms with Crippen molar-refractivity contribution < 1.29 is 9.84 Å². The Morgan fingerprint density at radius 2 is 1.52 bits per heavy atom. The smallest absolute Gasteiger partial charge is 0.116 e. The van der Waals surface area contributed by atoms with E-state index in [9.17, 15) is 5.11 Å². The molecule has 0 spiro atoms. The van der Waals surface area contributed by atoms with Crippen LogP contribution in [0.15, 0.2) is 45.3 Å². The Morgan fingerprint density at radius 1 is 1.00 bits per heavy atom. The van der Waals surface area contributed by atoms with Crippen LogP contribution in [0.25, 0.3) is 11.1 Å². The molecule has 0 amide bonds. The van der Waals surface area contributed by atoms with Crippen LogP contribution in [0.1, 0.15) is 24.0 Å². The van der Waals surface area contributed by atoms with E-state index in [1.54, 1.807) is 7.11 Å². The maximum Gasteiger partial charge on any atom is 0.116 e. The largest absolute Gasteiger partial charge is 0.385 e. The Bertz CT molecular complexity index is 631. The number of aliphatic hydroxyl groups is 1. The lowest BCUT2D eigenvalue weighted by atomic mass is 9.87. The molecule has 0 radical (unpaired) electrons. The van der Waals surface area contributed by atoms with Gasteiger partial charge >= 0.3 is 0 Å². The highest BCUT2D eigenvalue weighted by Crippen LogP contribution is 2.51. The fourth-order valence-corrected chi connectivity index (χ4v) is 3.80. The van der Waals surface area contributed by atoms with Crippen molar-refractivity contribution in [1.29, 1.82) is 0 Å². The van der Waals surface area contributed by atoms with Gasteiger partial charge in [0.05, 0.1) is 0 Å². The maximum atomic E-state index is 11.4. The minimum absolute atomic E-state index is 0.647. The van der Waals surface area contributed by atoms with Crippen molar-refractivity contribution in [3.63, 3.8) is 0 Å². The van der Waals surface area contributed by atoms with E-state index in [4.69, 9.17) is 4.74 Å². The molecule has 0 fully saturated rings. The van der Waals surface area contributed by atoms with Gasteiger partial charge in [-0.2, -0.15) is 0 Å². The number of hydrogen-bond donors (Lipinski definition) is 1. The summed E-state index contributed by atoms with van der Waals surface area (Å²) in [7, 11) is 1.69. The number of halogens is 2. The van der Waals surface area contributed by atoms with Gasteiger partial charge in [-0.05, 0) is 59.4 Å². The molecule has 4 heteroatoms. The predicted molar refractivity (Wildman–Crippen MR) is 91.4 cm³/mol.